The third-order valence-electron chi connectivity index (χ3n) is 4.56. The molecule has 2 rings (SSSR count). The van der Waals surface area contributed by atoms with Crippen molar-refractivity contribution in [2.75, 3.05) is 27.2 Å². The summed E-state index contributed by atoms with van der Waals surface area (Å²) in [4.78, 5) is 15.5. The summed E-state index contributed by atoms with van der Waals surface area (Å²) in [5.41, 5.74) is 0. The number of amides is 2. The fraction of sp³-hybridized carbons (Fsp3) is 0.933. The first-order valence-electron chi connectivity index (χ1n) is 7.78. The Morgan fingerprint density at radius 1 is 1.11 bits per heavy atom. The van der Waals surface area contributed by atoms with Gasteiger partial charge in [-0.2, -0.15) is 0 Å². The Bertz CT molecular complexity index is 298. The van der Waals surface area contributed by atoms with Gasteiger partial charge in [0, 0.05) is 39.3 Å². The zero-order valence-electron chi connectivity index (χ0n) is 12.7. The lowest BCUT2D eigenvalue weighted by Gasteiger charge is -2.37. The molecular weight excluding hydrogens is 238 g/mol. The van der Waals surface area contributed by atoms with Crippen LogP contribution in [0.15, 0.2) is 0 Å². The molecule has 2 unspecified atom stereocenters. The van der Waals surface area contributed by atoms with E-state index in [1.165, 1.54) is 25.7 Å². The van der Waals surface area contributed by atoms with Gasteiger partial charge in [0.2, 0.25) is 0 Å². The molecule has 2 amide bonds. The van der Waals surface area contributed by atoms with E-state index in [0.717, 1.165) is 31.8 Å². The van der Waals surface area contributed by atoms with Crippen LogP contribution in [0.1, 0.15) is 45.4 Å². The van der Waals surface area contributed by atoms with Crippen molar-refractivity contribution in [1.82, 2.24) is 15.1 Å². The standard InChI is InChI=1S/C15H29N3O/c1-12-5-4-6-14(11-12)16-13-7-9-18(10-8-13)15(19)17(2)3/h12-14,16H,4-11H2,1-3H3. The molecule has 110 valence electrons. The summed E-state index contributed by atoms with van der Waals surface area (Å²) < 4.78 is 0. The van der Waals surface area contributed by atoms with E-state index in [-0.39, 0.29) is 6.03 Å². The second-order valence-corrected chi connectivity index (χ2v) is 6.57. The quantitative estimate of drug-likeness (QED) is 0.833. The van der Waals surface area contributed by atoms with Crippen LogP contribution < -0.4 is 5.32 Å². The first kappa shape index (κ1) is 14.6. The van der Waals surface area contributed by atoms with Crippen LogP contribution in [0.25, 0.3) is 0 Å². The van der Waals surface area contributed by atoms with E-state index in [9.17, 15) is 4.79 Å². The number of carbonyl (C=O) groups excluding carboxylic acids is 1. The minimum atomic E-state index is 0.157. The maximum atomic E-state index is 11.9. The lowest BCUT2D eigenvalue weighted by Crippen LogP contribution is -2.50. The number of urea groups is 1. The molecule has 19 heavy (non-hydrogen) atoms. The van der Waals surface area contributed by atoms with Gasteiger partial charge in [-0.05, 0) is 31.6 Å². The monoisotopic (exact) mass is 267 g/mol. The summed E-state index contributed by atoms with van der Waals surface area (Å²) in [6.45, 7) is 4.17. The van der Waals surface area contributed by atoms with Crippen LogP contribution in [0.2, 0.25) is 0 Å². The zero-order valence-corrected chi connectivity index (χ0v) is 12.7. The summed E-state index contributed by atoms with van der Waals surface area (Å²) in [5, 5.41) is 3.83. The first-order valence-corrected chi connectivity index (χ1v) is 7.78. The Hall–Kier alpha value is -0.770. The third kappa shape index (κ3) is 4.10. The van der Waals surface area contributed by atoms with E-state index in [4.69, 9.17) is 0 Å². The van der Waals surface area contributed by atoms with Gasteiger partial charge < -0.3 is 15.1 Å². The fourth-order valence-electron chi connectivity index (χ4n) is 3.44. The van der Waals surface area contributed by atoms with E-state index in [1.54, 1.807) is 4.90 Å². The van der Waals surface area contributed by atoms with Crippen LogP contribution in [-0.2, 0) is 0 Å². The minimum absolute atomic E-state index is 0.157. The Labute approximate surface area is 117 Å². The van der Waals surface area contributed by atoms with Crippen molar-refractivity contribution in [2.45, 2.75) is 57.5 Å². The highest BCUT2D eigenvalue weighted by Gasteiger charge is 2.26. The van der Waals surface area contributed by atoms with Crippen molar-refractivity contribution < 1.29 is 4.79 Å². The van der Waals surface area contributed by atoms with Gasteiger partial charge in [0.05, 0.1) is 0 Å². The normalized spacial score (nSPS) is 29.3. The molecule has 2 fully saturated rings. The van der Waals surface area contributed by atoms with Crippen molar-refractivity contribution in [3.8, 4) is 0 Å². The molecule has 0 radical (unpaired) electrons. The maximum Gasteiger partial charge on any atom is 0.319 e. The SMILES string of the molecule is CC1CCCC(NC2CCN(C(=O)N(C)C)CC2)C1. The van der Waals surface area contributed by atoms with E-state index in [1.807, 2.05) is 19.0 Å². The van der Waals surface area contributed by atoms with Crippen LogP contribution in [0, 0.1) is 5.92 Å². The van der Waals surface area contributed by atoms with Crippen LogP contribution in [0.5, 0.6) is 0 Å². The number of hydrogen-bond donors (Lipinski definition) is 1. The molecule has 0 aromatic carbocycles. The van der Waals surface area contributed by atoms with Crippen LogP contribution in [-0.4, -0.2) is 55.1 Å². The number of hydrogen-bond acceptors (Lipinski definition) is 2. The molecule has 2 aliphatic rings. The smallest absolute Gasteiger partial charge is 0.319 e. The number of rotatable bonds is 2. The summed E-state index contributed by atoms with van der Waals surface area (Å²) in [5.74, 6) is 0.877. The van der Waals surface area contributed by atoms with E-state index < -0.39 is 0 Å². The molecule has 1 saturated carbocycles. The summed E-state index contributed by atoms with van der Waals surface area (Å²) >= 11 is 0. The highest BCUT2D eigenvalue weighted by Crippen LogP contribution is 2.25. The third-order valence-corrected chi connectivity index (χ3v) is 4.56. The van der Waals surface area contributed by atoms with Gasteiger partial charge in [-0.1, -0.05) is 19.8 Å². The van der Waals surface area contributed by atoms with Crippen molar-refractivity contribution in [3.05, 3.63) is 0 Å². The average molecular weight is 267 g/mol. The lowest BCUT2D eigenvalue weighted by atomic mass is 9.86. The largest absolute Gasteiger partial charge is 0.331 e. The maximum absolute atomic E-state index is 11.9. The summed E-state index contributed by atoms with van der Waals surface area (Å²) in [6.07, 6.45) is 7.64. The summed E-state index contributed by atoms with van der Waals surface area (Å²) in [7, 11) is 3.66. The highest BCUT2D eigenvalue weighted by atomic mass is 16.2. The number of piperidine rings is 1. The molecule has 0 aromatic rings. The van der Waals surface area contributed by atoms with Gasteiger partial charge in [0.1, 0.15) is 0 Å². The first-order chi connectivity index (χ1) is 9.06. The second kappa shape index (κ2) is 6.60. The predicted octanol–water partition coefficient (Wildman–Crippen LogP) is 2.30. The van der Waals surface area contributed by atoms with E-state index in [2.05, 4.69) is 12.2 Å². The van der Waals surface area contributed by atoms with E-state index in [0.29, 0.717) is 12.1 Å². The molecule has 0 spiro atoms. The molecule has 4 nitrogen and oxygen atoms in total. The van der Waals surface area contributed by atoms with Crippen molar-refractivity contribution >= 4 is 6.03 Å². The van der Waals surface area contributed by atoms with Gasteiger partial charge in [-0.3, -0.25) is 0 Å². The molecule has 1 aliphatic carbocycles. The number of nitrogens with zero attached hydrogens (tertiary/aromatic N) is 2. The molecule has 1 saturated heterocycles. The van der Waals surface area contributed by atoms with E-state index >= 15 is 0 Å². The Morgan fingerprint density at radius 3 is 2.37 bits per heavy atom. The second-order valence-electron chi connectivity index (χ2n) is 6.57. The zero-order chi connectivity index (χ0) is 13.8. The number of nitrogens with one attached hydrogen (secondary N) is 1. The van der Waals surface area contributed by atoms with Gasteiger partial charge in [-0.25, -0.2) is 4.79 Å². The predicted molar refractivity (Wildman–Crippen MR) is 78.2 cm³/mol. The molecular formula is C15H29N3O. The fourth-order valence-corrected chi connectivity index (χ4v) is 3.44. The van der Waals surface area contributed by atoms with Crippen LogP contribution >= 0.6 is 0 Å². The topological polar surface area (TPSA) is 35.6 Å². The van der Waals surface area contributed by atoms with Gasteiger partial charge in [0.25, 0.3) is 0 Å². The molecule has 1 heterocycles. The van der Waals surface area contributed by atoms with Gasteiger partial charge >= 0.3 is 6.03 Å². The Balaban J connectivity index is 1.72. The molecule has 1 N–H and O–H groups in total. The lowest BCUT2D eigenvalue weighted by molar-refractivity contribution is 0.147. The molecule has 2 atom stereocenters. The summed E-state index contributed by atoms with van der Waals surface area (Å²) in [6, 6.07) is 1.48. The number of likely N-dealkylation sites (tertiary alicyclic amines) is 1. The van der Waals surface area contributed by atoms with Crippen molar-refractivity contribution in [1.29, 1.82) is 0 Å². The van der Waals surface area contributed by atoms with Gasteiger partial charge in [0.15, 0.2) is 0 Å². The molecule has 4 heteroatoms. The Kier molecular flexibility index (Phi) is 5.08. The highest BCUT2D eigenvalue weighted by molar-refractivity contribution is 5.73. The molecule has 0 aromatic heterocycles. The molecule has 1 aliphatic heterocycles. The minimum Gasteiger partial charge on any atom is -0.331 e. The average Bonchev–Trinajstić information content (AvgIpc) is 2.39. The molecule has 0 bridgehead atoms. The van der Waals surface area contributed by atoms with Crippen molar-refractivity contribution in [3.63, 3.8) is 0 Å². The van der Waals surface area contributed by atoms with Gasteiger partial charge in [-0.15, -0.1) is 0 Å². The van der Waals surface area contributed by atoms with Crippen LogP contribution in [0.4, 0.5) is 4.79 Å². The Morgan fingerprint density at radius 2 is 1.79 bits per heavy atom. The van der Waals surface area contributed by atoms with Crippen LogP contribution in [0.3, 0.4) is 0 Å². The number of carbonyl (C=O) groups is 1. The van der Waals surface area contributed by atoms with Crippen molar-refractivity contribution in [2.24, 2.45) is 5.92 Å².